The summed E-state index contributed by atoms with van der Waals surface area (Å²) in [5.41, 5.74) is 7.76. The van der Waals surface area contributed by atoms with Crippen LogP contribution in [0.3, 0.4) is 0 Å². The van der Waals surface area contributed by atoms with Crippen LogP contribution in [0.1, 0.15) is 52.3 Å². The molecular weight excluding hydrogens is 561 g/mol. The first-order valence-electron chi connectivity index (χ1n) is 13.1. The maximum absolute atomic E-state index is 13.1. The van der Waals surface area contributed by atoms with Crippen molar-refractivity contribution in [1.29, 1.82) is 0 Å². The van der Waals surface area contributed by atoms with Gasteiger partial charge in [0.15, 0.2) is 5.11 Å². The Hall–Kier alpha value is -3.39. The second kappa shape index (κ2) is 11.6. The zero-order chi connectivity index (χ0) is 28.6. The van der Waals surface area contributed by atoms with Gasteiger partial charge < -0.3 is 20.1 Å². The molecule has 1 fully saturated rings. The molecule has 9 heteroatoms. The normalized spacial score (nSPS) is 16.8. The fraction of sp³-hybridized carbons (Fsp3) is 0.258. The van der Waals surface area contributed by atoms with Crippen molar-refractivity contribution in [3.63, 3.8) is 0 Å². The first-order valence-corrected chi connectivity index (χ1v) is 14.3. The van der Waals surface area contributed by atoms with Gasteiger partial charge in [0, 0.05) is 36.2 Å². The summed E-state index contributed by atoms with van der Waals surface area (Å²) in [7, 11) is 0. The number of hydrogen-bond donors (Lipinski definition) is 2. The van der Waals surface area contributed by atoms with Crippen molar-refractivity contribution in [2.24, 2.45) is 0 Å². The molecule has 0 spiro atoms. The number of hydrogen-bond acceptors (Lipinski definition) is 3. The van der Waals surface area contributed by atoms with Crippen LogP contribution in [0.15, 0.2) is 66.9 Å². The van der Waals surface area contributed by atoms with E-state index < -0.39 is 0 Å². The number of pyridine rings is 1. The number of amides is 1. The third-order valence-corrected chi connectivity index (χ3v) is 8.57. The molecule has 2 aromatic heterocycles. The summed E-state index contributed by atoms with van der Waals surface area (Å²) in [5.74, 6) is -0.0623. The number of benzene rings is 2. The summed E-state index contributed by atoms with van der Waals surface area (Å²) < 4.78 is 2.12. The predicted molar refractivity (Wildman–Crippen MR) is 167 cm³/mol. The van der Waals surface area contributed by atoms with E-state index in [1.807, 2.05) is 69.3 Å². The molecule has 2 N–H and O–H groups in total. The lowest BCUT2D eigenvalue weighted by atomic mass is 9.96. The molecule has 206 valence electrons. The largest absolute Gasteiger partial charge is 0.352 e. The molecule has 1 saturated heterocycles. The minimum Gasteiger partial charge on any atom is -0.352 e. The van der Waals surface area contributed by atoms with E-state index in [4.69, 9.17) is 35.4 Å². The van der Waals surface area contributed by atoms with Crippen LogP contribution in [0.5, 0.6) is 0 Å². The van der Waals surface area contributed by atoms with Crippen molar-refractivity contribution in [2.75, 3.05) is 11.9 Å². The fourth-order valence-corrected chi connectivity index (χ4v) is 6.12. The molecule has 0 bridgehead atoms. The highest BCUT2D eigenvalue weighted by molar-refractivity contribution is 7.80. The van der Waals surface area contributed by atoms with Crippen LogP contribution in [0.2, 0.25) is 10.0 Å². The second-order valence-corrected chi connectivity index (χ2v) is 11.3. The van der Waals surface area contributed by atoms with E-state index in [2.05, 4.69) is 38.1 Å². The number of aryl methyl sites for hydroxylation is 3. The van der Waals surface area contributed by atoms with Crippen molar-refractivity contribution < 1.29 is 4.79 Å². The van der Waals surface area contributed by atoms with Gasteiger partial charge in [0.25, 0.3) is 0 Å². The maximum atomic E-state index is 13.1. The molecule has 6 nitrogen and oxygen atoms in total. The highest BCUT2D eigenvalue weighted by Crippen LogP contribution is 2.42. The Labute approximate surface area is 250 Å². The zero-order valence-electron chi connectivity index (χ0n) is 22.8. The Balaban J connectivity index is 1.49. The monoisotopic (exact) mass is 591 g/mol. The van der Waals surface area contributed by atoms with Gasteiger partial charge >= 0.3 is 0 Å². The smallest absolute Gasteiger partial charge is 0.226 e. The minimum absolute atomic E-state index is 0.0623. The lowest BCUT2D eigenvalue weighted by Crippen LogP contribution is -2.33. The van der Waals surface area contributed by atoms with E-state index in [9.17, 15) is 4.79 Å². The van der Waals surface area contributed by atoms with Crippen molar-refractivity contribution in [3.05, 3.63) is 111 Å². The summed E-state index contributed by atoms with van der Waals surface area (Å²) in [4.78, 5) is 19.8. The lowest BCUT2D eigenvalue weighted by Gasteiger charge is -2.28. The molecule has 1 aliphatic rings. The van der Waals surface area contributed by atoms with E-state index in [1.54, 1.807) is 12.3 Å². The molecule has 5 rings (SSSR count). The Morgan fingerprint density at radius 3 is 2.60 bits per heavy atom. The molecule has 0 radical (unpaired) electrons. The molecule has 0 aliphatic carbocycles. The van der Waals surface area contributed by atoms with Crippen LogP contribution >= 0.6 is 35.4 Å². The van der Waals surface area contributed by atoms with Gasteiger partial charge in [0.05, 0.1) is 33.5 Å². The molecule has 1 amide bonds. The molecular formula is C31H31Cl2N5OS. The summed E-state index contributed by atoms with van der Waals surface area (Å²) in [6.07, 6.45) is 2.06. The highest BCUT2D eigenvalue weighted by atomic mass is 35.5. The molecule has 2 atom stereocenters. The van der Waals surface area contributed by atoms with E-state index in [-0.39, 0.29) is 24.4 Å². The van der Waals surface area contributed by atoms with E-state index >= 15 is 0 Å². The summed E-state index contributed by atoms with van der Waals surface area (Å²) in [6, 6.07) is 19.3. The van der Waals surface area contributed by atoms with Gasteiger partial charge in [-0.1, -0.05) is 47.5 Å². The number of rotatable bonds is 7. The molecule has 1 aliphatic heterocycles. The number of halogens is 2. The van der Waals surface area contributed by atoms with Crippen molar-refractivity contribution in [3.8, 4) is 5.69 Å². The summed E-state index contributed by atoms with van der Waals surface area (Å²) in [6.45, 7) is 8.56. The number of nitrogens with one attached hydrogen (secondary N) is 2. The lowest BCUT2D eigenvalue weighted by molar-refractivity contribution is -0.116. The van der Waals surface area contributed by atoms with E-state index in [0.29, 0.717) is 21.7 Å². The SMILES string of the molecule is Cc1ccc(C)c(NC(=O)CCN2C(=S)N[C@@H](c3ccccn3)[C@H]2c2cc(C)n(-c3cccc(Cl)c3Cl)c2C)c1. The molecule has 4 aromatic rings. The second-order valence-electron chi connectivity index (χ2n) is 10.2. The van der Waals surface area contributed by atoms with Crippen LogP contribution in [0.25, 0.3) is 5.69 Å². The standard InChI is InChI=1S/C31H31Cl2N5OS/c1-18-11-12-19(2)25(16-18)35-27(39)13-15-37-30(29(36-31(37)40)24-9-5-6-14-34-24)22-17-20(3)38(21(22)4)26-10-7-8-23(32)28(26)33/h5-12,14,16-17,29-30H,13,15H2,1-4H3,(H,35,39)(H,36,40)/t29-,30+/m0/s1. The van der Waals surface area contributed by atoms with Gasteiger partial charge in [-0.3, -0.25) is 9.78 Å². The average molecular weight is 593 g/mol. The summed E-state index contributed by atoms with van der Waals surface area (Å²) in [5, 5.41) is 8.14. The highest BCUT2D eigenvalue weighted by Gasteiger charge is 2.41. The quantitative estimate of drug-likeness (QED) is 0.219. The maximum Gasteiger partial charge on any atom is 0.226 e. The Bertz CT molecular complexity index is 1590. The van der Waals surface area contributed by atoms with Gasteiger partial charge in [-0.15, -0.1) is 0 Å². The van der Waals surface area contributed by atoms with Crippen LogP contribution in [-0.4, -0.2) is 32.0 Å². The number of anilines is 1. The van der Waals surface area contributed by atoms with Crippen LogP contribution in [0, 0.1) is 27.7 Å². The third-order valence-electron chi connectivity index (χ3n) is 7.41. The van der Waals surface area contributed by atoms with E-state index in [1.165, 1.54) is 0 Å². The van der Waals surface area contributed by atoms with Crippen molar-refractivity contribution >= 4 is 52.1 Å². The van der Waals surface area contributed by atoms with E-state index in [0.717, 1.165) is 45.1 Å². The zero-order valence-corrected chi connectivity index (χ0v) is 25.2. The minimum atomic E-state index is -0.195. The van der Waals surface area contributed by atoms with Gasteiger partial charge in [-0.05, 0) is 93.0 Å². The predicted octanol–water partition coefficient (Wildman–Crippen LogP) is 7.41. The molecule has 0 unspecified atom stereocenters. The van der Waals surface area contributed by atoms with Gasteiger partial charge in [-0.2, -0.15) is 0 Å². The van der Waals surface area contributed by atoms with Gasteiger partial charge in [0.2, 0.25) is 5.91 Å². The van der Waals surface area contributed by atoms with Crippen molar-refractivity contribution in [2.45, 2.75) is 46.2 Å². The summed E-state index contributed by atoms with van der Waals surface area (Å²) >= 11 is 18.8. The molecule has 2 aromatic carbocycles. The number of thiocarbonyl (C=S) groups is 1. The third kappa shape index (κ3) is 5.46. The number of nitrogens with zero attached hydrogens (tertiary/aromatic N) is 3. The number of aromatic nitrogens is 2. The number of carbonyl (C=O) groups is 1. The first kappa shape index (κ1) is 28.1. The topological polar surface area (TPSA) is 62.2 Å². The first-order chi connectivity index (χ1) is 19.2. The van der Waals surface area contributed by atoms with Crippen LogP contribution in [-0.2, 0) is 4.79 Å². The Morgan fingerprint density at radius 1 is 1.05 bits per heavy atom. The Morgan fingerprint density at radius 2 is 1.85 bits per heavy atom. The molecule has 40 heavy (non-hydrogen) atoms. The van der Waals surface area contributed by atoms with Crippen LogP contribution < -0.4 is 10.6 Å². The van der Waals surface area contributed by atoms with Crippen LogP contribution in [0.4, 0.5) is 5.69 Å². The van der Waals surface area contributed by atoms with Gasteiger partial charge in [-0.25, -0.2) is 0 Å². The molecule has 0 saturated carbocycles. The Kier molecular flexibility index (Phi) is 8.17. The van der Waals surface area contributed by atoms with Gasteiger partial charge in [0.1, 0.15) is 0 Å². The van der Waals surface area contributed by atoms with Crippen molar-refractivity contribution in [1.82, 2.24) is 19.8 Å². The average Bonchev–Trinajstić information content (AvgIpc) is 3.41. The molecule has 3 heterocycles. The fourth-order valence-electron chi connectivity index (χ4n) is 5.41. The number of carbonyl (C=O) groups excluding carboxylic acids is 1.